The average molecular weight is 269 g/mol. The molecule has 98 valence electrons. The van der Waals surface area contributed by atoms with Gasteiger partial charge in [0.1, 0.15) is 5.75 Å². The lowest BCUT2D eigenvalue weighted by Gasteiger charge is -2.16. The summed E-state index contributed by atoms with van der Waals surface area (Å²) < 4.78 is 5.34. The van der Waals surface area contributed by atoms with Gasteiger partial charge in [0.25, 0.3) is 0 Å². The molecule has 1 heterocycles. The van der Waals surface area contributed by atoms with Gasteiger partial charge in [-0.15, -0.1) is 0 Å². The minimum Gasteiger partial charge on any atom is -0.492 e. The van der Waals surface area contributed by atoms with Crippen molar-refractivity contribution in [1.82, 2.24) is 4.90 Å². The Labute approximate surface area is 112 Å². The number of nitrogens with one attached hydrogen (secondary N) is 1. The minimum absolute atomic E-state index is 0.0623. The molecule has 1 aromatic rings. The fraction of sp³-hybridized carbons (Fsp3) is 0.462. The summed E-state index contributed by atoms with van der Waals surface area (Å²) in [5.41, 5.74) is 0.695. The van der Waals surface area contributed by atoms with Gasteiger partial charge in [0.15, 0.2) is 0 Å². The largest absolute Gasteiger partial charge is 0.492 e. The molecule has 1 aromatic carbocycles. The molecule has 2 rings (SSSR count). The van der Waals surface area contributed by atoms with Gasteiger partial charge in [-0.05, 0) is 38.0 Å². The Kier molecular flexibility index (Phi) is 4.31. The first-order valence-electron chi connectivity index (χ1n) is 6.19. The van der Waals surface area contributed by atoms with Crippen molar-refractivity contribution in [2.75, 3.05) is 25.0 Å². The summed E-state index contributed by atoms with van der Waals surface area (Å²) in [7, 11) is 0. The van der Waals surface area contributed by atoms with E-state index in [-0.39, 0.29) is 6.03 Å². The first kappa shape index (κ1) is 13.0. The third kappa shape index (κ3) is 3.07. The quantitative estimate of drug-likeness (QED) is 0.913. The predicted molar refractivity (Wildman–Crippen MR) is 72.4 cm³/mol. The van der Waals surface area contributed by atoms with Gasteiger partial charge in [-0.3, -0.25) is 0 Å². The molecule has 0 spiro atoms. The minimum atomic E-state index is -0.0623. The summed E-state index contributed by atoms with van der Waals surface area (Å²) in [6.45, 7) is 4.13. The van der Waals surface area contributed by atoms with Crippen LogP contribution >= 0.6 is 11.6 Å². The monoisotopic (exact) mass is 268 g/mol. The molecule has 1 fully saturated rings. The van der Waals surface area contributed by atoms with E-state index in [4.69, 9.17) is 16.3 Å². The number of hydrogen-bond acceptors (Lipinski definition) is 2. The lowest BCUT2D eigenvalue weighted by molar-refractivity contribution is 0.222. The molecule has 5 heteroatoms. The molecule has 0 aromatic heterocycles. The molecule has 0 unspecified atom stereocenters. The number of carbonyl (C=O) groups excluding carboxylic acids is 1. The zero-order chi connectivity index (χ0) is 13.0. The standard InChI is InChI=1S/C13H17ClN2O2/c1-2-18-12-6-5-10(9-11(12)14)15-13(17)16-7-3-4-8-16/h5-6,9H,2-4,7-8H2,1H3,(H,15,17). The molecule has 1 aliphatic heterocycles. The van der Waals surface area contributed by atoms with Crippen molar-refractivity contribution in [3.63, 3.8) is 0 Å². The molecule has 2 amide bonds. The number of halogens is 1. The molecular formula is C13H17ClN2O2. The van der Waals surface area contributed by atoms with Crippen LogP contribution in [0.5, 0.6) is 5.75 Å². The van der Waals surface area contributed by atoms with E-state index in [1.54, 1.807) is 18.2 Å². The molecule has 1 aliphatic rings. The predicted octanol–water partition coefficient (Wildman–Crippen LogP) is 3.37. The summed E-state index contributed by atoms with van der Waals surface area (Å²) in [6, 6.07) is 5.21. The average Bonchev–Trinajstić information content (AvgIpc) is 2.86. The zero-order valence-corrected chi connectivity index (χ0v) is 11.2. The normalized spacial score (nSPS) is 14.7. The third-order valence-electron chi connectivity index (χ3n) is 2.88. The van der Waals surface area contributed by atoms with Crippen molar-refractivity contribution in [2.45, 2.75) is 19.8 Å². The number of rotatable bonds is 3. The van der Waals surface area contributed by atoms with E-state index >= 15 is 0 Å². The molecule has 1 N–H and O–H groups in total. The Balaban J connectivity index is 2.00. The second-order valence-electron chi connectivity index (χ2n) is 4.20. The van der Waals surface area contributed by atoms with Crippen LogP contribution in [0.4, 0.5) is 10.5 Å². The van der Waals surface area contributed by atoms with Gasteiger partial charge in [-0.2, -0.15) is 0 Å². The van der Waals surface area contributed by atoms with Gasteiger partial charge in [-0.1, -0.05) is 11.6 Å². The Morgan fingerprint density at radius 1 is 1.44 bits per heavy atom. The second kappa shape index (κ2) is 5.96. The highest BCUT2D eigenvalue weighted by atomic mass is 35.5. The summed E-state index contributed by atoms with van der Waals surface area (Å²) in [4.78, 5) is 13.7. The van der Waals surface area contributed by atoms with E-state index in [0.717, 1.165) is 25.9 Å². The van der Waals surface area contributed by atoms with Crippen LogP contribution < -0.4 is 10.1 Å². The fourth-order valence-electron chi connectivity index (χ4n) is 1.97. The number of benzene rings is 1. The Bertz CT molecular complexity index is 431. The topological polar surface area (TPSA) is 41.6 Å². The molecule has 0 atom stereocenters. The van der Waals surface area contributed by atoms with Crippen molar-refractivity contribution < 1.29 is 9.53 Å². The van der Waals surface area contributed by atoms with E-state index in [0.29, 0.717) is 23.1 Å². The van der Waals surface area contributed by atoms with E-state index < -0.39 is 0 Å². The van der Waals surface area contributed by atoms with Crippen LogP contribution in [0.15, 0.2) is 18.2 Å². The number of urea groups is 1. The number of hydrogen-bond donors (Lipinski definition) is 1. The molecule has 0 bridgehead atoms. The van der Waals surface area contributed by atoms with Gasteiger partial charge in [0.2, 0.25) is 0 Å². The molecular weight excluding hydrogens is 252 g/mol. The maximum Gasteiger partial charge on any atom is 0.321 e. The Morgan fingerprint density at radius 2 is 2.17 bits per heavy atom. The van der Waals surface area contributed by atoms with Gasteiger partial charge < -0.3 is 15.0 Å². The fourth-order valence-corrected chi connectivity index (χ4v) is 2.21. The van der Waals surface area contributed by atoms with Crippen molar-refractivity contribution in [1.29, 1.82) is 0 Å². The highest BCUT2D eigenvalue weighted by molar-refractivity contribution is 6.32. The zero-order valence-electron chi connectivity index (χ0n) is 10.4. The maximum absolute atomic E-state index is 11.9. The summed E-state index contributed by atoms with van der Waals surface area (Å²) in [5.74, 6) is 0.637. The van der Waals surface area contributed by atoms with E-state index in [1.165, 1.54) is 0 Å². The summed E-state index contributed by atoms with van der Waals surface area (Å²) in [6.07, 6.45) is 2.16. The maximum atomic E-state index is 11.9. The number of nitrogens with zero attached hydrogens (tertiary/aromatic N) is 1. The number of ether oxygens (including phenoxy) is 1. The van der Waals surface area contributed by atoms with Crippen molar-refractivity contribution in [3.8, 4) is 5.75 Å². The van der Waals surface area contributed by atoms with Crippen LogP contribution in [0.1, 0.15) is 19.8 Å². The molecule has 0 radical (unpaired) electrons. The Hall–Kier alpha value is -1.42. The third-order valence-corrected chi connectivity index (χ3v) is 3.17. The van der Waals surface area contributed by atoms with E-state index in [9.17, 15) is 4.79 Å². The van der Waals surface area contributed by atoms with Crippen LogP contribution in [-0.2, 0) is 0 Å². The summed E-state index contributed by atoms with van der Waals surface area (Å²) >= 11 is 6.06. The lowest BCUT2D eigenvalue weighted by atomic mass is 10.3. The van der Waals surface area contributed by atoms with Crippen LogP contribution in [0.2, 0.25) is 5.02 Å². The van der Waals surface area contributed by atoms with Gasteiger partial charge in [0.05, 0.1) is 11.6 Å². The first-order chi connectivity index (χ1) is 8.70. The van der Waals surface area contributed by atoms with Crippen LogP contribution in [0.25, 0.3) is 0 Å². The van der Waals surface area contributed by atoms with Crippen molar-refractivity contribution in [3.05, 3.63) is 23.2 Å². The van der Waals surface area contributed by atoms with E-state index in [1.807, 2.05) is 11.8 Å². The van der Waals surface area contributed by atoms with Gasteiger partial charge >= 0.3 is 6.03 Å². The number of anilines is 1. The van der Waals surface area contributed by atoms with Crippen molar-refractivity contribution in [2.24, 2.45) is 0 Å². The second-order valence-corrected chi connectivity index (χ2v) is 4.61. The van der Waals surface area contributed by atoms with Crippen LogP contribution in [-0.4, -0.2) is 30.6 Å². The Morgan fingerprint density at radius 3 is 2.78 bits per heavy atom. The summed E-state index contributed by atoms with van der Waals surface area (Å²) in [5, 5.41) is 3.35. The highest BCUT2D eigenvalue weighted by Gasteiger charge is 2.17. The number of carbonyl (C=O) groups is 1. The van der Waals surface area contributed by atoms with E-state index in [2.05, 4.69) is 5.32 Å². The van der Waals surface area contributed by atoms with Gasteiger partial charge in [0, 0.05) is 18.8 Å². The van der Waals surface area contributed by atoms with Crippen LogP contribution in [0.3, 0.4) is 0 Å². The number of likely N-dealkylation sites (tertiary alicyclic amines) is 1. The smallest absolute Gasteiger partial charge is 0.321 e. The lowest BCUT2D eigenvalue weighted by Crippen LogP contribution is -2.32. The first-order valence-corrected chi connectivity index (χ1v) is 6.57. The SMILES string of the molecule is CCOc1ccc(NC(=O)N2CCCC2)cc1Cl. The molecule has 18 heavy (non-hydrogen) atoms. The molecule has 4 nitrogen and oxygen atoms in total. The number of amides is 2. The van der Waals surface area contributed by atoms with Crippen LogP contribution in [0, 0.1) is 0 Å². The highest BCUT2D eigenvalue weighted by Crippen LogP contribution is 2.27. The molecule has 0 aliphatic carbocycles. The van der Waals surface area contributed by atoms with Crippen molar-refractivity contribution >= 4 is 23.3 Å². The molecule has 0 saturated carbocycles. The molecule has 1 saturated heterocycles. The van der Waals surface area contributed by atoms with Gasteiger partial charge in [-0.25, -0.2) is 4.79 Å².